The van der Waals surface area contributed by atoms with Gasteiger partial charge in [-0.25, -0.2) is 4.79 Å². The van der Waals surface area contributed by atoms with Crippen molar-refractivity contribution in [2.24, 2.45) is 0 Å². The number of rotatable bonds is 4. The summed E-state index contributed by atoms with van der Waals surface area (Å²) in [7, 11) is 0. The number of halogens is 2. The molecule has 0 fully saturated rings. The second-order valence-electron chi connectivity index (χ2n) is 4.88. The van der Waals surface area contributed by atoms with Gasteiger partial charge in [0, 0.05) is 0 Å². The van der Waals surface area contributed by atoms with E-state index < -0.39 is 18.5 Å². The highest BCUT2D eigenvalue weighted by Gasteiger charge is 2.20. The second kappa shape index (κ2) is 7.02. The fourth-order valence-electron chi connectivity index (χ4n) is 1.92. The van der Waals surface area contributed by atoms with Gasteiger partial charge in [0.15, 0.2) is 6.61 Å². The summed E-state index contributed by atoms with van der Waals surface area (Å²) in [6.07, 6.45) is 0. The topological polar surface area (TPSA) is 81.4 Å². The van der Waals surface area contributed by atoms with E-state index in [1.807, 2.05) is 0 Å². The van der Waals surface area contributed by atoms with Crippen molar-refractivity contribution < 1.29 is 18.8 Å². The molecule has 1 amide bonds. The number of anilines is 1. The van der Waals surface area contributed by atoms with E-state index in [9.17, 15) is 9.59 Å². The number of amides is 1. The molecular formula is C15H14Cl2N2O4. The molecule has 0 spiro atoms. The van der Waals surface area contributed by atoms with Crippen molar-refractivity contribution in [1.29, 1.82) is 0 Å². The van der Waals surface area contributed by atoms with Crippen molar-refractivity contribution in [3.8, 4) is 0 Å². The zero-order valence-electron chi connectivity index (χ0n) is 12.7. The summed E-state index contributed by atoms with van der Waals surface area (Å²) in [4.78, 5) is 23.9. The fraction of sp³-hybridized carbons (Fsp3) is 0.267. The number of carbonyl (C=O) groups excluding carboxylic acids is 2. The minimum absolute atomic E-state index is 0.212. The molecule has 1 aromatic carbocycles. The zero-order valence-corrected chi connectivity index (χ0v) is 14.2. The largest absolute Gasteiger partial charge is 0.452 e. The van der Waals surface area contributed by atoms with Crippen LogP contribution in [0.5, 0.6) is 0 Å². The maximum absolute atomic E-state index is 11.9. The number of aromatic nitrogens is 1. The molecule has 0 aliphatic carbocycles. The minimum atomic E-state index is -0.683. The maximum atomic E-state index is 11.9. The first kappa shape index (κ1) is 17.3. The number of benzene rings is 1. The Bertz CT molecular complexity index is 752. The predicted octanol–water partition coefficient (Wildman–Crippen LogP) is 3.70. The molecule has 2 rings (SSSR count). The molecule has 1 aromatic heterocycles. The van der Waals surface area contributed by atoms with Crippen molar-refractivity contribution in [3.63, 3.8) is 0 Å². The van der Waals surface area contributed by atoms with Gasteiger partial charge in [-0.05, 0) is 32.4 Å². The molecule has 2 aromatic rings. The normalized spacial score (nSPS) is 10.5. The molecule has 0 atom stereocenters. The van der Waals surface area contributed by atoms with Crippen LogP contribution in [0.15, 0.2) is 16.7 Å². The smallest absolute Gasteiger partial charge is 0.344 e. The van der Waals surface area contributed by atoms with Gasteiger partial charge in [0.25, 0.3) is 5.91 Å². The van der Waals surface area contributed by atoms with Crippen LogP contribution in [0.1, 0.15) is 27.4 Å². The van der Waals surface area contributed by atoms with E-state index in [0.717, 1.165) is 5.56 Å². The molecule has 0 radical (unpaired) electrons. The van der Waals surface area contributed by atoms with Crippen LogP contribution < -0.4 is 5.32 Å². The summed E-state index contributed by atoms with van der Waals surface area (Å²) < 4.78 is 9.83. The third-order valence-corrected chi connectivity index (χ3v) is 3.92. The van der Waals surface area contributed by atoms with Gasteiger partial charge in [0.1, 0.15) is 11.3 Å². The van der Waals surface area contributed by atoms with E-state index in [0.29, 0.717) is 21.5 Å². The van der Waals surface area contributed by atoms with Crippen molar-refractivity contribution >= 4 is 40.8 Å². The second-order valence-corrected chi connectivity index (χ2v) is 5.66. The first-order valence-corrected chi connectivity index (χ1v) is 7.41. The lowest BCUT2D eigenvalue weighted by molar-refractivity contribution is -0.119. The van der Waals surface area contributed by atoms with Crippen molar-refractivity contribution in [2.75, 3.05) is 11.9 Å². The molecule has 0 saturated heterocycles. The Morgan fingerprint density at radius 2 is 1.96 bits per heavy atom. The Hall–Kier alpha value is -2.05. The fourth-order valence-corrected chi connectivity index (χ4v) is 2.39. The third-order valence-electron chi connectivity index (χ3n) is 3.12. The molecule has 0 aliphatic heterocycles. The quantitative estimate of drug-likeness (QED) is 0.844. The molecule has 0 saturated carbocycles. The highest BCUT2D eigenvalue weighted by Crippen LogP contribution is 2.32. The van der Waals surface area contributed by atoms with Gasteiger partial charge in [-0.3, -0.25) is 4.79 Å². The average Bonchev–Trinajstić information content (AvgIpc) is 2.84. The summed E-state index contributed by atoms with van der Waals surface area (Å²) in [6, 6.07) is 3.35. The lowest BCUT2D eigenvalue weighted by Crippen LogP contribution is -2.21. The monoisotopic (exact) mass is 356 g/mol. The number of hydrogen-bond donors (Lipinski definition) is 1. The Kier molecular flexibility index (Phi) is 5.28. The van der Waals surface area contributed by atoms with Gasteiger partial charge in [-0.2, -0.15) is 0 Å². The van der Waals surface area contributed by atoms with Crippen molar-refractivity contribution in [2.45, 2.75) is 20.8 Å². The van der Waals surface area contributed by atoms with Gasteiger partial charge < -0.3 is 14.6 Å². The standard InChI is InChI=1S/C15H14Cl2N2O4/c1-7-4-5-10(16)14(13(7)17)18-11(20)6-22-15(21)12-8(2)19-23-9(12)3/h4-5H,6H2,1-3H3,(H,18,20). The molecule has 0 unspecified atom stereocenters. The maximum Gasteiger partial charge on any atom is 0.344 e. The number of esters is 1. The lowest BCUT2D eigenvalue weighted by Gasteiger charge is -2.11. The first-order chi connectivity index (χ1) is 10.8. The molecule has 0 aliphatic rings. The predicted molar refractivity (Wildman–Crippen MR) is 86.1 cm³/mol. The molecular weight excluding hydrogens is 343 g/mol. The van der Waals surface area contributed by atoms with Crippen LogP contribution in [0.2, 0.25) is 10.0 Å². The molecule has 122 valence electrons. The van der Waals surface area contributed by atoms with Crippen LogP contribution in [-0.2, 0) is 9.53 Å². The summed E-state index contributed by atoms with van der Waals surface area (Å²) >= 11 is 12.1. The number of carbonyl (C=O) groups is 2. The summed E-state index contributed by atoms with van der Waals surface area (Å²) in [5.74, 6) is -0.907. The third kappa shape index (κ3) is 3.83. The number of nitrogens with one attached hydrogen (secondary N) is 1. The Morgan fingerprint density at radius 3 is 2.57 bits per heavy atom. The van der Waals surface area contributed by atoms with E-state index in [4.69, 9.17) is 32.5 Å². The number of hydrogen-bond acceptors (Lipinski definition) is 5. The number of nitrogens with zero attached hydrogens (tertiary/aromatic N) is 1. The van der Waals surface area contributed by atoms with Gasteiger partial charge in [-0.15, -0.1) is 0 Å². The summed E-state index contributed by atoms with van der Waals surface area (Å²) in [6.45, 7) is 4.50. The van der Waals surface area contributed by atoms with E-state index in [2.05, 4.69) is 10.5 Å². The SMILES string of the molecule is Cc1ccc(Cl)c(NC(=O)COC(=O)c2c(C)noc2C)c1Cl. The first-order valence-electron chi connectivity index (χ1n) is 6.65. The van der Waals surface area contributed by atoms with E-state index in [-0.39, 0.29) is 11.3 Å². The number of ether oxygens (including phenoxy) is 1. The van der Waals surface area contributed by atoms with E-state index >= 15 is 0 Å². The van der Waals surface area contributed by atoms with E-state index in [1.54, 1.807) is 32.9 Å². The summed E-state index contributed by atoms with van der Waals surface area (Å²) in [5.41, 5.74) is 1.66. The molecule has 1 N–H and O–H groups in total. The van der Waals surface area contributed by atoms with Crippen molar-refractivity contribution in [3.05, 3.63) is 44.8 Å². The Morgan fingerprint density at radius 1 is 1.26 bits per heavy atom. The van der Waals surface area contributed by atoms with Crippen molar-refractivity contribution in [1.82, 2.24) is 5.16 Å². The molecule has 6 nitrogen and oxygen atoms in total. The van der Waals surface area contributed by atoms with Crippen LogP contribution in [-0.4, -0.2) is 23.6 Å². The molecule has 8 heteroatoms. The van der Waals surface area contributed by atoms with Gasteiger partial charge in [-0.1, -0.05) is 34.4 Å². The van der Waals surface area contributed by atoms with E-state index in [1.165, 1.54) is 0 Å². The van der Waals surface area contributed by atoms with Gasteiger partial charge in [0.2, 0.25) is 0 Å². The van der Waals surface area contributed by atoms with Gasteiger partial charge >= 0.3 is 5.97 Å². The highest BCUT2D eigenvalue weighted by atomic mass is 35.5. The highest BCUT2D eigenvalue weighted by molar-refractivity contribution is 6.40. The molecule has 23 heavy (non-hydrogen) atoms. The van der Waals surface area contributed by atoms with Crippen LogP contribution in [0.3, 0.4) is 0 Å². The Balaban J connectivity index is 2.01. The Labute approximate surface area is 142 Å². The van der Waals surface area contributed by atoms with Crippen LogP contribution in [0, 0.1) is 20.8 Å². The van der Waals surface area contributed by atoms with Crippen LogP contribution in [0.25, 0.3) is 0 Å². The minimum Gasteiger partial charge on any atom is -0.452 e. The lowest BCUT2D eigenvalue weighted by atomic mass is 10.2. The molecule has 0 bridgehead atoms. The summed E-state index contributed by atoms with van der Waals surface area (Å²) in [5, 5.41) is 6.82. The zero-order chi connectivity index (χ0) is 17.1. The number of aryl methyl sites for hydroxylation is 3. The van der Waals surface area contributed by atoms with Gasteiger partial charge in [0.05, 0.1) is 21.4 Å². The molecule has 1 heterocycles. The average molecular weight is 357 g/mol. The van der Waals surface area contributed by atoms with Crippen LogP contribution >= 0.6 is 23.2 Å². The van der Waals surface area contributed by atoms with Crippen LogP contribution in [0.4, 0.5) is 5.69 Å².